The first-order valence-electron chi connectivity index (χ1n) is 7.35. The maximum Gasteiger partial charge on any atom is 0.0716 e. The van der Waals surface area contributed by atoms with Gasteiger partial charge < -0.3 is 10.1 Å². The van der Waals surface area contributed by atoms with Crippen molar-refractivity contribution in [3.05, 3.63) is 69.7 Å². The van der Waals surface area contributed by atoms with Gasteiger partial charge in [0.2, 0.25) is 0 Å². The smallest absolute Gasteiger partial charge is 0.0716 e. The number of nitrogens with one attached hydrogen (secondary N) is 1. The van der Waals surface area contributed by atoms with Crippen LogP contribution in [-0.4, -0.2) is 7.11 Å². The monoisotopic (exact) mass is 301 g/mol. The van der Waals surface area contributed by atoms with Crippen LogP contribution in [0.15, 0.2) is 42.5 Å². The van der Waals surface area contributed by atoms with Gasteiger partial charge in [-0.15, -0.1) is 0 Å². The van der Waals surface area contributed by atoms with Crippen LogP contribution in [-0.2, 0) is 24.3 Å². The van der Waals surface area contributed by atoms with E-state index in [9.17, 15) is 0 Å². The van der Waals surface area contributed by atoms with Crippen LogP contribution in [0.3, 0.4) is 0 Å². The minimum atomic E-state index is 0.424. The van der Waals surface area contributed by atoms with E-state index < -0.39 is 0 Å². The SMILES string of the molecule is COCc1ccccc1CNC1CCc2cc(Cl)ccc21. The van der Waals surface area contributed by atoms with Gasteiger partial charge in [0, 0.05) is 24.7 Å². The second-order valence-electron chi connectivity index (χ2n) is 5.52. The second-order valence-corrected chi connectivity index (χ2v) is 5.95. The predicted molar refractivity (Wildman–Crippen MR) is 86.5 cm³/mol. The number of aryl methyl sites for hydroxylation is 1. The van der Waals surface area contributed by atoms with Crippen LogP contribution in [0.1, 0.15) is 34.7 Å². The number of rotatable bonds is 5. The summed E-state index contributed by atoms with van der Waals surface area (Å²) in [6.07, 6.45) is 2.25. The fourth-order valence-corrected chi connectivity index (χ4v) is 3.25. The molecule has 0 fully saturated rings. The van der Waals surface area contributed by atoms with E-state index >= 15 is 0 Å². The molecule has 0 aromatic heterocycles. The lowest BCUT2D eigenvalue weighted by atomic mass is 10.1. The lowest BCUT2D eigenvalue weighted by molar-refractivity contribution is 0.184. The van der Waals surface area contributed by atoms with Crippen molar-refractivity contribution in [1.29, 1.82) is 0 Å². The molecule has 3 rings (SSSR count). The Labute approximate surface area is 131 Å². The number of hydrogen-bond donors (Lipinski definition) is 1. The predicted octanol–water partition coefficient (Wildman–Crippen LogP) is 4.26. The normalized spacial score (nSPS) is 17.0. The zero-order valence-electron chi connectivity index (χ0n) is 12.2. The average Bonchev–Trinajstić information content (AvgIpc) is 2.89. The van der Waals surface area contributed by atoms with E-state index in [4.69, 9.17) is 16.3 Å². The molecule has 0 saturated heterocycles. The average molecular weight is 302 g/mol. The lowest BCUT2D eigenvalue weighted by Gasteiger charge is -2.16. The van der Waals surface area contributed by atoms with Gasteiger partial charge in [0.15, 0.2) is 0 Å². The molecular formula is C18H20ClNO. The molecule has 0 spiro atoms. The summed E-state index contributed by atoms with van der Waals surface area (Å²) in [7, 11) is 1.74. The topological polar surface area (TPSA) is 21.3 Å². The van der Waals surface area contributed by atoms with E-state index in [1.165, 1.54) is 22.3 Å². The number of ether oxygens (including phenoxy) is 1. The molecule has 0 amide bonds. The van der Waals surface area contributed by atoms with E-state index in [0.717, 1.165) is 24.4 Å². The largest absolute Gasteiger partial charge is 0.380 e. The van der Waals surface area contributed by atoms with Crippen molar-refractivity contribution in [2.45, 2.75) is 32.0 Å². The van der Waals surface area contributed by atoms with Gasteiger partial charge >= 0.3 is 0 Å². The minimum Gasteiger partial charge on any atom is -0.380 e. The van der Waals surface area contributed by atoms with Crippen molar-refractivity contribution in [2.75, 3.05) is 7.11 Å². The first-order valence-corrected chi connectivity index (χ1v) is 7.73. The molecule has 3 heteroatoms. The molecule has 0 saturated carbocycles. The van der Waals surface area contributed by atoms with Crippen LogP contribution in [0, 0.1) is 0 Å². The molecule has 1 aliphatic carbocycles. The van der Waals surface area contributed by atoms with E-state index in [1.54, 1.807) is 7.11 Å². The summed E-state index contributed by atoms with van der Waals surface area (Å²) in [5.41, 5.74) is 5.33. The molecule has 0 radical (unpaired) electrons. The Hall–Kier alpha value is -1.35. The van der Waals surface area contributed by atoms with Crippen LogP contribution < -0.4 is 5.32 Å². The van der Waals surface area contributed by atoms with E-state index in [0.29, 0.717) is 12.6 Å². The number of hydrogen-bond acceptors (Lipinski definition) is 2. The van der Waals surface area contributed by atoms with Crippen molar-refractivity contribution in [3.8, 4) is 0 Å². The Morgan fingerprint density at radius 2 is 2.00 bits per heavy atom. The highest BCUT2D eigenvalue weighted by Gasteiger charge is 2.22. The van der Waals surface area contributed by atoms with Gasteiger partial charge in [-0.2, -0.15) is 0 Å². The Bertz CT molecular complexity index is 626. The summed E-state index contributed by atoms with van der Waals surface area (Å²) in [5, 5.41) is 4.51. The van der Waals surface area contributed by atoms with Gasteiger partial charge in [-0.05, 0) is 47.2 Å². The van der Waals surface area contributed by atoms with Crippen LogP contribution >= 0.6 is 11.6 Å². The maximum absolute atomic E-state index is 6.07. The van der Waals surface area contributed by atoms with Gasteiger partial charge in [0.1, 0.15) is 0 Å². The van der Waals surface area contributed by atoms with Crippen molar-refractivity contribution < 1.29 is 4.74 Å². The molecule has 1 unspecified atom stereocenters. The highest BCUT2D eigenvalue weighted by Crippen LogP contribution is 2.33. The van der Waals surface area contributed by atoms with Crippen molar-refractivity contribution in [2.24, 2.45) is 0 Å². The van der Waals surface area contributed by atoms with Crippen LogP contribution in [0.2, 0.25) is 5.02 Å². The molecule has 2 aromatic rings. The lowest BCUT2D eigenvalue weighted by Crippen LogP contribution is -2.19. The van der Waals surface area contributed by atoms with Crippen molar-refractivity contribution in [3.63, 3.8) is 0 Å². The first kappa shape index (κ1) is 14.6. The zero-order chi connectivity index (χ0) is 14.7. The highest BCUT2D eigenvalue weighted by atomic mass is 35.5. The fraction of sp³-hybridized carbons (Fsp3) is 0.333. The molecule has 1 N–H and O–H groups in total. The van der Waals surface area contributed by atoms with Crippen molar-refractivity contribution in [1.82, 2.24) is 5.32 Å². The molecule has 0 aliphatic heterocycles. The Balaban J connectivity index is 1.70. The van der Waals surface area contributed by atoms with Crippen LogP contribution in [0.5, 0.6) is 0 Å². The third-order valence-corrected chi connectivity index (χ3v) is 4.38. The quantitative estimate of drug-likeness (QED) is 0.891. The second kappa shape index (κ2) is 6.61. The summed E-state index contributed by atoms with van der Waals surface area (Å²) >= 11 is 6.07. The number of benzene rings is 2. The van der Waals surface area contributed by atoms with E-state index in [1.807, 2.05) is 6.07 Å². The molecule has 0 heterocycles. The molecule has 110 valence electrons. The van der Waals surface area contributed by atoms with Gasteiger partial charge in [-0.25, -0.2) is 0 Å². The number of halogens is 1. The Kier molecular flexibility index (Phi) is 4.59. The third kappa shape index (κ3) is 3.29. The molecule has 0 bridgehead atoms. The molecule has 1 atom stereocenters. The molecule has 2 aromatic carbocycles. The highest BCUT2D eigenvalue weighted by molar-refractivity contribution is 6.30. The summed E-state index contributed by atoms with van der Waals surface area (Å²) in [6.45, 7) is 1.53. The van der Waals surface area contributed by atoms with Gasteiger partial charge in [-0.3, -0.25) is 0 Å². The molecule has 1 aliphatic rings. The summed E-state index contributed by atoms with van der Waals surface area (Å²) < 4.78 is 5.27. The summed E-state index contributed by atoms with van der Waals surface area (Å²) in [4.78, 5) is 0. The standard InChI is InChI=1S/C18H20ClNO/c1-21-12-15-5-3-2-4-14(15)11-20-18-9-6-13-10-16(19)7-8-17(13)18/h2-5,7-8,10,18,20H,6,9,11-12H2,1H3. The van der Waals surface area contributed by atoms with E-state index in [-0.39, 0.29) is 0 Å². The molecule has 2 nitrogen and oxygen atoms in total. The van der Waals surface area contributed by atoms with Gasteiger partial charge in [0.05, 0.1) is 6.61 Å². The Morgan fingerprint density at radius 3 is 2.81 bits per heavy atom. The Morgan fingerprint density at radius 1 is 1.19 bits per heavy atom. The zero-order valence-corrected chi connectivity index (χ0v) is 13.0. The molecule has 21 heavy (non-hydrogen) atoms. The van der Waals surface area contributed by atoms with E-state index in [2.05, 4.69) is 41.7 Å². The number of methoxy groups -OCH3 is 1. The van der Waals surface area contributed by atoms with Crippen LogP contribution in [0.25, 0.3) is 0 Å². The summed E-state index contributed by atoms with van der Waals surface area (Å²) in [5.74, 6) is 0. The van der Waals surface area contributed by atoms with Gasteiger partial charge in [0.25, 0.3) is 0 Å². The van der Waals surface area contributed by atoms with Crippen LogP contribution in [0.4, 0.5) is 0 Å². The first-order chi connectivity index (χ1) is 10.3. The van der Waals surface area contributed by atoms with Gasteiger partial charge in [-0.1, -0.05) is 41.9 Å². The van der Waals surface area contributed by atoms with Crippen molar-refractivity contribution >= 4 is 11.6 Å². The third-order valence-electron chi connectivity index (χ3n) is 4.14. The minimum absolute atomic E-state index is 0.424. The number of fused-ring (bicyclic) bond motifs is 1. The fourth-order valence-electron chi connectivity index (χ4n) is 3.06. The molecular weight excluding hydrogens is 282 g/mol. The maximum atomic E-state index is 6.07. The summed E-state index contributed by atoms with van der Waals surface area (Å²) in [6, 6.07) is 15.1.